The predicted molar refractivity (Wildman–Crippen MR) is 89.5 cm³/mol. The van der Waals surface area contributed by atoms with Crippen LogP contribution in [0.2, 0.25) is 0 Å². The summed E-state index contributed by atoms with van der Waals surface area (Å²) >= 11 is 0. The van der Waals surface area contributed by atoms with Gasteiger partial charge in [-0.2, -0.15) is 0 Å². The van der Waals surface area contributed by atoms with E-state index in [1.807, 2.05) is 6.07 Å². The second kappa shape index (κ2) is 8.01. The maximum absolute atomic E-state index is 12.2. The molecule has 1 N–H and O–H groups in total. The van der Waals surface area contributed by atoms with Crippen molar-refractivity contribution in [2.75, 3.05) is 19.5 Å². The van der Waals surface area contributed by atoms with Gasteiger partial charge in [-0.15, -0.1) is 0 Å². The van der Waals surface area contributed by atoms with Crippen molar-refractivity contribution in [2.24, 2.45) is 0 Å². The molecule has 6 heteroatoms. The first-order valence-electron chi connectivity index (χ1n) is 7.33. The predicted octanol–water partition coefficient (Wildman–Crippen LogP) is 2.89. The molecule has 2 rings (SSSR count). The number of rotatable bonds is 6. The summed E-state index contributed by atoms with van der Waals surface area (Å²) in [6.45, 7) is 1.51. The van der Waals surface area contributed by atoms with Crippen molar-refractivity contribution in [3.05, 3.63) is 54.1 Å². The zero-order valence-electron chi connectivity index (χ0n) is 13.7. The van der Waals surface area contributed by atoms with E-state index in [2.05, 4.69) is 5.32 Å². The van der Waals surface area contributed by atoms with Crippen molar-refractivity contribution in [3.63, 3.8) is 0 Å². The normalized spacial score (nSPS) is 11.3. The fraction of sp³-hybridized carbons (Fsp3) is 0.222. The average molecular weight is 329 g/mol. The number of para-hydroxylation sites is 1. The standard InChI is InChI=1S/C18H19NO5/c1-12(17(20)19-14-7-5-4-6-8-14)24-18(21)13-9-15(22-2)11-16(10-13)23-3/h4-12H,1-3H3,(H,19,20)/t12-/m0/s1. The lowest BCUT2D eigenvalue weighted by Crippen LogP contribution is -2.30. The van der Waals surface area contributed by atoms with Crippen LogP contribution < -0.4 is 14.8 Å². The van der Waals surface area contributed by atoms with Crippen molar-refractivity contribution in [3.8, 4) is 11.5 Å². The molecule has 0 fully saturated rings. The lowest BCUT2D eigenvalue weighted by atomic mass is 10.2. The van der Waals surface area contributed by atoms with E-state index in [0.29, 0.717) is 17.2 Å². The number of nitrogens with one attached hydrogen (secondary N) is 1. The molecule has 0 spiro atoms. The summed E-state index contributed by atoms with van der Waals surface area (Å²) in [5.74, 6) is -0.127. The van der Waals surface area contributed by atoms with Gasteiger partial charge < -0.3 is 19.5 Å². The molecular formula is C18H19NO5. The quantitative estimate of drug-likeness (QED) is 0.825. The summed E-state index contributed by atoms with van der Waals surface area (Å²) < 4.78 is 15.4. The van der Waals surface area contributed by atoms with Gasteiger partial charge in [-0.1, -0.05) is 18.2 Å². The molecule has 2 aromatic rings. The lowest BCUT2D eigenvalue weighted by Gasteiger charge is -2.14. The van der Waals surface area contributed by atoms with Crippen LogP contribution in [0.3, 0.4) is 0 Å². The third kappa shape index (κ3) is 4.49. The monoisotopic (exact) mass is 329 g/mol. The highest BCUT2D eigenvalue weighted by Crippen LogP contribution is 2.23. The Labute approximate surface area is 140 Å². The van der Waals surface area contributed by atoms with Gasteiger partial charge in [0.1, 0.15) is 11.5 Å². The molecular weight excluding hydrogens is 310 g/mol. The summed E-state index contributed by atoms with van der Waals surface area (Å²) in [6, 6.07) is 13.6. The summed E-state index contributed by atoms with van der Waals surface area (Å²) in [5, 5.41) is 2.68. The molecule has 0 aliphatic carbocycles. The largest absolute Gasteiger partial charge is 0.497 e. The van der Waals surface area contributed by atoms with Crippen molar-refractivity contribution in [1.82, 2.24) is 0 Å². The van der Waals surface area contributed by atoms with E-state index in [0.717, 1.165) is 0 Å². The van der Waals surface area contributed by atoms with Crippen LogP contribution in [-0.4, -0.2) is 32.2 Å². The number of hydrogen-bond donors (Lipinski definition) is 1. The van der Waals surface area contributed by atoms with Gasteiger partial charge >= 0.3 is 5.97 Å². The number of methoxy groups -OCH3 is 2. The Morgan fingerprint density at radius 3 is 2.08 bits per heavy atom. The minimum absolute atomic E-state index is 0.241. The molecule has 0 aromatic heterocycles. The number of carbonyl (C=O) groups excluding carboxylic acids is 2. The molecule has 1 amide bonds. The van der Waals surface area contributed by atoms with Crippen LogP contribution in [0.25, 0.3) is 0 Å². The first-order chi connectivity index (χ1) is 11.5. The van der Waals surface area contributed by atoms with E-state index in [4.69, 9.17) is 14.2 Å². The fourth-order valence-corrected chi connectivity index (χ4v) is 1.97. The van der Waals surface area contributed by atoms with Crippen LogP contribution in [0.5, 0.6) is 11.5 Å². The lowest BCUT2D eigenvalue weighted by molar-refractivity contribution is -0.123. The highest BCUT2D eigenvalue weighted by molar-refractivity contribution is 5.97. The molecule has 0 bridgehead atoms. The molecule has 6 nitrogen and oxygen atoms in total. The molecule has 0 aliphatic heterocycles. The number of benzene rings is 2. The first-order valence-corrected chi connectivity index (χ1v) is 7.33. The van der Waals surface area contributed by atoms with Gasteiger partial charge in [0.2, 0.25) is 0 Å². The third-order valence-electron chi connectivity index (χ3n) is 3.28. The number of anilines is 1. The highest BCUT2D eigenvalue weighted by atomic mass is 16.5. The summed E-state index contributed by atoms with van der Waals surface area (Å²) in [6.07, 6.45) is -0.949. The first kappa shape index (κ1) is 17.3. The fourth-order valence-electron chi connectivity index (χ4n) is 1.97. The zero-order chi connectivity index (χ0) is 17.5. The van der Waals surface area contributed by atoms with E-state index in [1.54, 1.807) is 30.3 Å². The van der Waals surface area contributed by atoms with Crippen LogP contribution in [0.15, 0.2) is 48.5 Å². The Bertz CT molecular complexity index is 692. The van der Waals surface area contributed by atoms with Gasteiger partial charge in [0.05, 0.1) is 19.8 Å². The van der Waals surface area contributed by atoms with Crippen LogP contribution in [-0.2, 0) is 9.53 Å². The zero-order valence-corrected chi connectivity index (χ0v) is 13.7. The van der Waals surface area contributed by atoms with Crippen molar-refractivity contribution >= 4 is 17.6 Å². The van der Waals surface area contributed by atoms with E-state index in [-0.39, 0.29) is 5.56 Å². The van der Waals surface area contributed by atoms with Crippen molar-refractivity contribution < 1.29 is 23.8 Å². The van der Waals surface area contributed by atoms with Gasteiger partial charge in [-0.05, 0) is 31.2 Å². The SMILES string of the molecule is COc1cc(OC)cc(C(=O)O[C@@H](C)C(=O)Nc2ccccc2)c1. The summed E-state index contributed by atoms with van der Waals surface area (Å²) in [4.78, 5) is 24.3. The van der Waals surface area contributed by atoms with Crippen molar-refractivity contribution in [2.45, 2.75) is 13.0 Å². The van der Waals surface area contributed by atoms with Gasteiger partial charge in [0, 0.05) is 11.8 Å². The molecule has 24 heavy (non-hydrogen) atoms. The van der Waals surface area contributed by atoms with Gasteiger partial charge in [-0.25, -0.2) is 4.79 Å². The number of amides is 1. The second-order valence-corrected chi connectivity index (χ2v) is 5.00. The van der Waals surface area contributed by atoms with E-state index < -0.39 is 18.0 Å². The van der Waals surface area contributed by atoms with Gasteiger partial charge in [-0.3, -0.25) is 4.79 Å². The molecule has 0 aliphatic rings. The van der Waals surface area contributed by atoms with Crippen LogP contribution in [0.1, 0.15) is 17.3 Å². The number of esters is 1. The minimum Gasteiger partial charge on any atom is -0.497 e. The maximum Gasteiger partial charge on any atom is 0.339 e. The molecule has 0 radical (unpaired) electrons. The molecule has 2 aromatic carbocycles. The maximum atomic E-state index is 12.2. The van der Waals surface area contributed by atoms with Gasteiger partial charge in [0.15, 0.2) is 6.10 Å². The van der Waals surface area contributed by atoms with Gasteiger partial charge in [0.25, 0.3) is 5.91 Å². The Balaban J connectivity index is 2.04. The smallest absolute Gasteiger partial charge is 0.339 e. The average Bonchev–Trinajstić information content (AvgIpc) is 2.61. The Morgan fingerprint density at radius 2 is 1.54 bits per heavy atom. The molecule has 1 atom stereocenters. The summed E-state index contributed by atoms with van der Waals surface area (Å²) in [7, 11) is 2.97. The minimum atomic E-state index is -0.949. The molecule has 126 valence electrons. The van der Waals surface area contributed by atoms with E-state index >= 15 is 0 Å². The molecule has 0 heterocycles. The van der Waals surface area contributed by atoms with Crippen LogP contribution in [0, 0.1) is 0 Å². The van der Waals surface area contributed by atoms with Crippen molar-refractivity contribution in [1.29, 1.82) is 0 Å². The Morgan fingerprint density at radius 1 is 0.958 bits per heavy atom. The molecule has 0 saturated heterocycles. The Hall–Kier alpha value is -3.02. The van der Waals surface area contributed by atoms with E-state index in [1.165, 1.54) is 33.3 Å². The van der Waals surface area contributed by atoms with Crippen LogP contribution >= 0.6 is 0 Å². The van der Waals surface area contributed by atoms with E-state index in [9.17, 15) is 9.59 Å². The number of carbonyl (C=O) groups is 2. The van der Waals surface area contributed by atoms with Crippen LogP contribution in [0.4, 0.5) is 5.69 Å². The Kier molecular flexibility index (Phi) is 5.78. The summed E-state index contributed by atoms with van der Waals surface area (Å²) in [5.41, 5.74) is 0.874. The molecule has 0 saturated carbocycles. The number of ether oxygens (including phenoxy) is 3. The third-order valence-corrected chi connectivity index (χ3v) is 3.28. The number of hydrogen-bond acceptors (Lipinski definition) is 5. The highest BCUT2D eigenvalue weighted by Gasteiger charge is 2.20. The molecule has 0 unspecified atom stereocenters. The second-order valence-electron chi connectivity index (χ2n) is 5.00. The topological polar surface area (TPSA) is 73.9 Å².